The predicted octanol–water partition coefficient (Wildman–Crippen LogP) is 2.55. The second-order valence-corrected chi connectivity index (χ2v) is 11.1. The zero-order valence-corrected chi connectivity index (χ0v) is 18.6. The number of hydrogen-bond donors (Lipinski definition) is 2. The van der Waals surface area contributed by atoms with Gasteiger partial charge in [0.2, 0.25) is 11.8 Å². The molecule has 3 atom stereocenters. The summed E-state index contributed by atoms with van der Waals surface area (Å²) in [6.07, 6.45) is 4.56. The van der Waals surface area contributed by atoms with Gasteiger partial charge in [-0.1, -0.05) is 18.2 Å². The molecule has 1 aromatic rings. The smallest absolute Gasteiger partial charge is 0.256 e. The van der Waals surface area contributed by atoms with Crippen molar-refractivity contribution in [1.29, 1.82) is 0 Å². The second kappa shape index (κ2) is 7.87. The molecule has 8 heteroatoms. The van der Waals surface area contributed by atoms with Crippen LogP contribution in [0.5, 0.6) is 0 Å². The molecular formula is C21H27N3O3S2. The van der Waals surface area contributed by atoms with Gasteiger partial charge < -0.3 is 15.5 Å². The normalized spacial score (nSPS) is 25.3. The van der Waals surface area contributed by atoms with E-state index in [1.54, 1.807) is 28.4 Å². The van der Waals surface area contributed by atoms with Gasteiger partial charge in [-0.3, -0.25) is 14.4 Å². The van der Waals surface area contributed by atoms with E-state index in [2.05, 4.69) is 10.6 Å². The van der Waals surface area contributed by atoms with Gasteiger partial charge in [0.15, 0.2) is 0 Å². The molecule has 1 aliphatic carbocycles. The quantitative estimate of drug-likeness (QED) is 0.691. The van der Waals surface area contributed by atoms with E-state index >= 15 is 0 Å². The SMILES string of the molecule is CSCC[C@H](NC(=O)[C@H]1N2C(=O)c3ccccc3[C@H]2SC1(C)C)C(=O)NC1CC1. The van der Waals surface area contributed by atoms with Gasteiger partial charge in [0.1, 0.15) is 17.5 Å². The lowest BCUT2D eigenvalue weighted by molar-refractivity contribution is -0.132. The molecule has 1 saturated carbocycles. The van der Waals surface area contributed by atoms with Crippen molar-refractivity contribution in [3.8, 4) is 0 Å². The van der Waals surface area contributed by atoms with E-state index in [1.165, 1.54) is 0 Å². The molecule has 0 radical (unpaired) electrons. The first-order chi connectivity index (χ1) is 13.8. The minimum absolute atomic E-state index is 0.105. The van der Waals surface area contributed by atoms with Crippen molar-refractivity contribution >= 4 is 41.2 Å². The van der Waals surface area contributed by atoms with Crippen LogP contribution in [-0.4, -0.2) is 57.5 Å². The fourth-order valence-corrected chi connectivity index (χ4v) is 6.15. The highest BCUT2D eigenvalue weighted by molar-refractivity contribution is 8.01. The molecule has 0 unspecified atom stereocenters. The first-order valence-corrected chi connectivity index (χ1v) is 12.3. The van der Waals surface area contributed by atoms with Crippen LogP contribution in [0.1, 0.15) is 54.4 Å². The molecule has 3 amide bonds. The third-order valence-corrected chi connectivity index (χ3v) is 7.89. The van der Waals surface area contributed by atoms with Crippen LogP contribution in [0.15, 0.2) is 24.3 Å². The largest absolute Gasteiger partial charge is 0.352 e. The number of thioether (sulfide) groups is 2. The van der Waals surface area contributed by atoms with E-state index in [1.807, 2.05) is 44.4 Å². The van der Waals surface area contributed by atoms with Crippen LogP contribution in [0.25, 0.3) is 0 Å². The third kappa shape index (κ3) is 3.89. The highest BCUT2D eigenvalue weighted by Gasteiger charge is 2.57. The van der Waals surface area contributed by atoms with E-state index in [4.69, 9.17) is 0 Å². The molecule has 2 fully saturated rings. The number of carbonyl (C=O) groups is 3. The van der Waals surface area contributed by atoms with E-state index < -0.39 is 16.8 Å². The van der Waals surface area contributed by atoms with Crippen molar-refractivity contribution in [3.05, 3.63) is 35.4 Å². The molecular weight excluding hydrogens is 406 g/mol. The number of rotatable bonds is 7. The Morgan fingerprint density at radius 3 is 2.72 bits per heavy atom. The molecule has 2 heterocycles. The van der Waals surface area contributed by atoms with Gasteiger partial charge >= 0.3 is 0 Å². The Bertz CT molecular complexity index is 840. The van der Waals surface area contributed by atoms with Gasteiger partial charge in [0, 0.05) is 16.4 Å². The lowest BCUT2D eigenvalue weighted by Crippen LogP contribution is -2.57. The molecule has 156 valence electrons. The molecule has 6 nitrogen and oxygen atoms in total. The summed E-state index contributed by atoms with van der Waals surface area (Å²) in [4.78, 5) is 40.8. The van der Waals surface area contributed by atoms with Crippen LogP contribution >= 0.6 is 23.5 Å². The van der Waals surface area contributed by atoms with Crippen molar-refractivity contribution in [2.45, 2.75) is 61.4 Å². The number of nitrogens with one attached hydrogen (secondary N) is 2. The van der Waals surface area contributed by atoms with Gasteiger partial charge in [0.25, 0.3) is 5.91 Å². The number of nitrogens with zero attached hydrogens (tertiary/aromatic N) is 1. The first kappa shape index (κ1) is 20.6. The Morgan fingerprint density at radius 2 is 2.03 bits per heavy atom. The average Bonchev–Trinajstić information content (AvgIpc) is 3.40. The van der Waals surface area contributed by atoms with E-state index in [9.17, 15) is 14.4 Å². The van der Waals surface area contributed by atoms with Crippen LogP contribution in [0.2, 0.25) is 0 Å². The standard InChI is InChI=1S/C21H27N3O3S2/c1-21(2)16(24-19(27)13-6-4-5-7-14(13)20(24)29-21)18(26)23-15(10-11-28-3)17(25)22-12-8-9-12/h4-7,12,15-16,20H,8-11H2,1-3H3,(H,22,25)(H,23,26)/t15-,16+,20+/m0/s1. The molecule has 2 N–H and O–H groups in total. The maximum absolute atomic E-state index is 13.4. The minimum Gasteiger partial charge on any atom is -0.352 e. The first-order valence-electron chi connectivity index (χ1n) is 10.0. The number of hydrogen-bond acceptors (Lipinski definition) is 5. The summed E-state index contributed by atoms with van der Waals surface area (Å²) < 4.78 is -0.449. The van der Waals surface area contributed by atoms with Crippen molar-refractivity contribution in [3.63, 3.8) is 0 Å². The summed E-state index contributed by atoms with van der Waals surface area (Å²) in [5, 5.41) is 5.81. The predicted molar refractivity (Wildman–Crippen MR) is 117 cm³/mol. The molecule has 0 bridgehead atoms. The van der Waals surface area contributed by atoms with Crippen LogP contribution < -0.4 is 10.6 Å². The summed E-state index contributed by atoms with van der Waals surface area (Å²) in [7, 11) is 0. The highest BCUT2D eigenvalue weighted by atomic mass is 32.2. The Balaban J connectivity index is 1.54. The van der Waals surface area contributed by atoms with Crippen LogP contribution in [0.4, 0.5) is 0 Å². The van der Waals surface area contributed by atoms with Crippen LogP contribution in [0.3, 0.4) is 0 Å². The summed E-state index contributed by atoms with van der Waals surface area (Å²) in [6, 6.07) is 6.61. The van der Waals surface area contributed by atoms with Crippen molar-refractivity contribution in [2.75, 3.05) is 12.0 Å². The number of benzene rings is 1. The number of carbonyl (C=O) groups excluding carboxylic acids is 3. The van der Waals surface area contributed by atoms with Crippen molar-refractivity contribution in [2.24, 2.45) is 0 Å². The lowest BCUT2D eigenvalue weighted by Gasteiger charge is -2.31. The fourth-order valence-electron chi connectivity index (χ4n) is 4.09. The Hall–Kier alpha value is -1.67. The molecule has 0 aromatic heterocycles. The molecule has 3 aliphatic rings. The number of fused-ring (bicyclic) bond motifs is 3. The lowest BCUT2D eigenvalue weighted by atomic mass is 10.00. The highest BCUT2D eigenvalue weighted by Crippen LogP contribution is 2.56. The molecule has 0 spiro atoms. The van der Waals surface area contributed by atoms with Gasteiger partial charge in [-0.25, -0.2) is 0 Å². The maximum atomic E-state index is 13.4. The van der Waals surface area contributed by atoms with E-state index in [0.717, 1.165) is 24.2 Å². The van der Waals surface area contributed by atoms with Gasteiger partial charge in [-0.2, -0.15) is 11.8 Å². The molecule has 1 aromatic carbocycles. The van der Waals surface area contributed by atoms with Crippen molar-refractivity contribution in [1.82, 2.24) is 15.5 Å². The minimum atomic E-state index is -0.622. The topological polar surface area (TPSA) is 78.5 Å². The third-order valence-electron chi connectivity index (χ3n) is 5.71. The van der Waals surface area contributed by atoms with Crippen LogP contribution in [0, 0.1) is 0 Å². The molecule has 2 aliphatic heterocycles. The summed E-state index contributed by atoms with van der Waals surface area (Å²) in [6.45, 7) is 3.99. The summed E-state index contributed by atoms with van der Waals surface area (Å²) >= 11 is 3.28. The summed E-state index contributed by atoms with van der Waals surface area (Å²) in [5.41, 5.74) is 1.64. The second-order valence-electron chi connectivity index (χ2n) is 8.40. The Kier molecular flexibility index (Phi) is 5.59. The van der Waals surface area contributed by atoms with E-state index in [-0.39, 0.29) is 29.1 Å². The van der Waals surface area contributed by atoms with Crippen molar-refractivity contribution < 1.29 is 14.4 Å². The monoisotopic (exact) mass is 433 g/mol. The van der Waals surface area contributed by atoms with Gasteiger partial charge in [-0.05, 0) is 56.7 Å². The summed E-state index contributed by atoms with van der Waals surface area (Å²) in [5.74, 6) is 0.309. The fraction of sp³-hybridized carbons (Fsp3) is 0.571. The maximum Gasteiger partial charge on any atom is 0.256 e. The number of amides is 3. The zero-order chi connectivity index (χ0) is 20.8. The van der Waals surface area contributed by atoms with E-state index in [0.29, 0.717) is 12.0 Å². The zero-order valence-electron chi connectivity index (χ0n) is 16.9. The molecule has 29 heavy (non-hydrogen) atoms. The Morgan fingerprint density at radius 1 is 1.31 bits per heavy atom. The van der Waals surface area contributed by atoms with Gasteiger partial charge in [0.05, 0.1) is 0 Å². The van der Waals surface area contributed by atoms with Crippen LogP contribution in [-0.2, 0) is 9.59 Å². The molecule has 4 rings (SSSR count). The van der Waals surface area contributed by atoms with Gasteiger partial charge in [-0.15, -0.1) is 11.8 Å². The molecule has 1 saturated heterocycles. The average molecular weight is 434 g/mol. The Labute approximate surface area is 179 Å².